The molecule has 52 heavy (non-hydrogen) atoms. The third kappa shape index (κ3) is 6.03. The molecule has 10 atom stereocenters. The van der Waals surface area contributed by atoms with Gasteiger partial charge in [0.05, 0.1) is 16.9 Å². The van der Waals surface area contributed by atoms with Crippen molar-refractivity contribution >= 4 is 32.4 Å². The van der Waals surface area contributed by atoms with Crippen LogP contribution in [0.25, 0.3) is 0 Å². The highest BCUT2D eigenvalue weighted by Crippen LogP contribution is 2.76. The predicted molar refractivity (Wildman–Crippen MR) is 212 cm³/mol. The maximum absolute atomic E-state index is 12.3. The fraction of sp³-hybridized carbons (Fsp3) is 0.837. The lowest BCUT2D eigenvalue weighted by Gasteiger charge is -2.72. The highest BCUT2D eigenvalue weighted by Gasteiger charge is 2.70. The summed E-state index contributed by atoms with van der Waals surface area (Å²) in [5.74, 6) is 3.04. The third-order valence-electron chi connectivity index (χ3n) is 17.8. The first-order valence-electron chi connectivity index (χ1n) is 20.8. The summed E-state index contributed by atoms with van der Waals surface area (Å²) in [5.41, 5.74) is 4.51. The number of nitrogens with one attached hydrogen (secondary N) is 1. The van der Waals surface area contributed by atoms with E-state index in [0.29, 0.717) is 90.3 Å². The Morgan fingerprint density at radius 1 is 0.962 bits per heavy atom. The van der Waals surface area contributed by atoms with Gasteiger partial charge in [0.15, 0.2) is 9.84 Å². The normalized spacial score (nSPS) is 45.4. The quantitative estimate of drug-likeness (QED) is 0.194. The minimum absolute atomic E-state index is 0.0516. The third-order valence-corrected chi connectivity index (χ3v) is 19.7. The van der Waals surface area contributed by atoms with E-state index in [1.165, 1.54) is 68.1 Å². The van der Waals surface area contributed by atoms with E-state index in [9.17, 15) is 18.3 Å². The zero-order valence-corrected chi connectivity index (χ0v) is 36.4. The number of carbonyl (C=O) groups is 1. The highest BCUT2D eigenvalue weighted by atomic mass is 32.2. The van der Waals surface area contributed by atoms with Crippen molar-refractivity contribution in [2.24, 2.45) is 56.7 Å². The number of allylic oxidation sites excluding steroid dienone is 5. The van der Waals surface area contributed by atoms with Crippen LogP contribution in [0.2, 0.25) is 0 Å². The van der Waals surface area contributed by atoms with Crippen LogP contribution in [-0.2, 0) is 18.4 Å². The van der Waals surface area contributed by atoms with Gasteiger partial charge < -0.3 is 19.1 Å². The molecule has 7 aliphatic rings. The molecule has 1 saturated heterocycles. The van der Waals surface area contributed by atoms with Crippen molar-refractivity contribution in [3.05, 3.63) is 35.5 Å². The fourth-order valence-corrected chi connectivity index (χ4v) is 16.7. The van der Waals surface area contributed by atoms with E-state index in [4.69, 9.17) is 3.79 Å². The minimum Gasteiger partial charge on any atom is -0.505 e. The molecule has 7 rings (SSSR count). The van der Waals surface area contributed by atoms with E-state index in [1.54, 1.807) is 0 Å². The average molecular weight is 753 g/mol. The number of hydrogen-bond acceptors (Lipinski definition) is 6. The van der Waals surface area contributed by atoms with E-state index in [2.05, 4.69) is 70.5 Å². The molecule has 9 heteroatoms. The second-order valence-electron chi connectivity index (χ2n) is 20.3. The number of carboxylic acids is 1. The van der Waals surface area contributed by atoms with Crippen LogP contribution in [0, 0.1) is 56.7 Å². The Labute approximate surface area is 323 Å². The molecular formula is C43H69AlN2O5S. The molecule has 7 nitrogen and oxygen atoms in total. The first kappa shape index (κ1) is 39.3. The summed E-state index contributed by atoms with van der Waals surface area (Å²) >= 11 is 0.569. The number of carboxylic acid groups (broad SMARTS) is 1. The molecule has 0 aromatic carbocycles. The summed E-state index contributed by atoms with van der Waals surface area (Å²) in [6.45, 7) is 23.6. The second kappa shape index (κ2) is 13.6. The Balaban J connectivity index is 1.13. The summed E-state index contributed by atoms with van der Waals surface area (Å²) in [4.78, 5) is 14.7. The molecule has 2 N–H and O–H groups in total. The van der Waals surface area contributed by atoms with E-state index in [-0.39, 0.29) is 27.2 Å². The minimum atomic E-state index is -2.86. The molecule has 0 unspecified atom stereocenters. The van der Waals surface area contributed by atoms with Gasteiger partial charge in [-0.05, 0) is 146 Å². The van der Waals surface area contributed by atoms with Crippen LogP contribution >= 0.6 is 0 Å². The van der Waals surface area contributed by atoms with Gasteiger partial charge >= 0.3 is 22.6 Å². The zero-order valence-electron chi connectivity index (χ0n) is 33.6. The van der Waals surface area contributed by atoms with Crippen molar-refractivity contribution < 1.29 is 22.1 Å². The average Bonchev–Trinajstić information content (AvgIpc) is 3.46. The Kier molecular flexibility index (Phi) is 10.3. The van der Waals surface area contributed by atoms with Gasteiger partial charge in [0.1, 0.15) is 0 Å². The number of aliphatic carboxylic acids is 1. The topological polar surface area (TPSA) is 95.9 Å². The molecule has 0 aromatic heterocycles. The van der Waals surface area contributed by atoms with E-state index in [0.717, 1.165) is 25.9 Å². The van der Waals surface area contributed by atoms with Crippen LogP contribution < -0.4 is 5.32 Å². The number of rotatable bonds is 9. The lowest BCUT2D eigenvalue weighted by Crippen LogP contribution is -2.68. The molecule has 0 amide bonds. The maximum atomic E-state index is 12.3. The van der Waals surface area contributed by atoms with Crippen LogP contribution in [0.1, 0.15) is 119 Å². The fourth-order valence-electron chi connectivity index (χ4n) is 14.8. The number of hydrogen-bond donors (Lipinski definition) is 2. The molecule has 6 aliphatic carbocycles. The van der Waals surface area contributed by atoms with E-state index >= 15 is 0 Å². The summed E-state index contributed by atoms with van der Waals surface area (Å²) in [7, 11) is -2.86. The monoisotopic (exact) mass is 752 g/mol. The van der Waals surface area contributed by atoms with Crippen molar-refractivity contribution in [2.45, 2.75) is 124 Å². The molecule has 0 radical (unpaired) electrons. The summed E-state index contributed by atoms with van der Waals surface area (Å²) in [6, 6.07) is 0. The summed E-state index contributed by atoms with van der Waals surface area (Å²) in [6.07, 6.45) is 18.2. The van der Waals surface area contributed by atoms with Crippen LogP contribution in [0.4, 0.5) is 0 Å². The lowest BCUT2D eigenvalue weighted by atomic mass is 9.33. The van der Waals surface area contributed by atoms with Gasteiger partial charge in [-0.25, -0.2) is 8.42 Å². The molecule has 4 saturated carbocycles. The van der Waals surface area contributed by atoms with Crippen LogP contribution in [0.5, 0.6) is 0 Å². The van der Waals surface area contributed by atoms with Crippen molar-refractivity contribution in [3.8, 4) is 0 Å². The number of sulfone groups is 1. The summed E-state index contributed by atoms with van der Waals surface area (Å²) < 4.78 is 29.6. The van der Waals surface area contributed by atoms with Gasteiger partial charge in [0, 0.05) is 38.3 Å². The maximum Gasteiger partial charge on any atom is 0.410 e. The van der Waals surface area contributed by atoms with Crippen molar-refractivity contribution in [1.29, 1.82) is 0 Å². The second-order valence-corrected chi connectivity index (χ2v) is 23.1. The Bertz CT molecular complexity index is 1610. The van der Waals surface area contributed by atoms with E-state index < -0.39 is 21.2 Å². The largest absolute Gasteiger partial charge is 0.505 e. The van der Waals surface area contributed by atoms with Gasteiger partial charge in [-0.15, -0.1) is 0 Å². The lowest BCUT2D eigenvalue weighted by molar-refractivity contribution is -0.221. The van der Waals surface area contributed by atoms with Crippen molar-refractivity contribution in [2.75, 3.05) is 44.3 Å². The molecule has 5 fully saturated rings. The van der Waals surface area contributed by atoms with Gasteiger partial charge in [0.25, 0.3) is 0 Å². The molecule has 1 aliphatic heterocycles. The van der Waals surface area contributed by atoms with Gasteiger partial charge in [-0.3, -0.25) is 4.79 Å². The highest BCUT2D eigenvalue weighted by molar-refractivity contribution is 7.91. The first-order chi connectivity index (χ1) is 24.4. The standard InChI is InChI=1S/C43H67N2O5S.Al.2H/c1-29(2)31-12-19-43(44-22-23-45-24-26-51(49,50)27-25-45)21-20-40(6)33(36(31)43)8-9-35-39(5)15-13-32(38(3,4)34(39)14-16-41(35,40)7)30-10-17-42(28-46,18-11-30)37(47)48;;;/h10,13,31,33-36,44H,1,8-9,11-12,14-28H2,2-7H3,(H,47,48);;;/q-1;+1;;/t31-,33+,34-,35+,36+,39-,40+,41+,42-,43-;;;/m0.../s1. The summed E-state index contributed by atoms with van der Waals surface area (Å²) in [5, 5.41) is 14.3. The van der Waals surface area contributed by atoms with Gasteiger partial charge in [0.2, 0.25) is 0 Å². The smallest absolute Gasteiger partial charge is 0.410 e. The SMILES string of the molecule is C=C(C)[C@@H]1CC[C@]2(NCCN3CCS(=O)(=O)CC3)CC[C@]3(C)[C@H](CC[C@@H]4[C@@]5(C)CC=C(C6=CC[C@](C[O][AlH2])(C(=O)O)CC6)C(C)(C)[C@@H]5CC[C@]43C)[C@@H]12. The molecule has 1 heterocycles. The molecule has 290 valence electrons. The van der Waals surface area contributed by atoms with Crippen LogP contribution in [0.3, 0.4) is 0 Å². The first-order valence-corrected chi connectivity index (χ1v) is 23.5. The Morgan fingerprint density at radius 2 is 1.69 bits per heavy atom. The van der Waals surface area contributed by atoms with Crippen molar-refractivity contribution in [3.63, 3.8) is 0 Å². The number of nitrogens with zero attached hydrogens (tertiary/aromatic N) is 1. The molecule has 0 aromatic rings. The van der Waals surface area contributed by atoms with Gasteiger partial charge in [-0.1, -0.05) is 58.9 Å². The van der Waals surface area contributed by atoms with E-state index in [1.807, 2.05) is 0 Å². The van der Waals surface area contributed by atoms with Crippen LogP contribution in [-0.4, -0.2) is 90.8 Å². The number of fused-ring (bicyclic) bond motifs is 7. The Hall–Kier alpha value is -0.948. The van der Waals surface area contributed by atoms with Gasteiger partial charge in [-0.2, -0.15) is 0 Å². The zero-order chi connectivity index (χ0) is 37.5. The van der Waals surface area contributed by atoms with Crippen LogP contribution in [0.15, 0.2) is 35.5 Å². The van der Waals surface area contributed by atoms with Crippen molar-refractivity contribution in [1.82, 2.24) is 10.2 Å². The molecule has 0 spiro atoms. The molecule has 0 bridgehead atoms. The predicted octanol–water partition coefficient (Wildman–Crippen LogP) is 7.00. The Morgan fingerprint density at radius 3 is 2.33 bits per heavy atom. The molecular weight excluding hydrogens is 684 g/mol.